The van der Waals surface area contributed by atoms with Crippen LogP contribution in [0.4, 0.5) is 0 Å². The van der Waals surface area contributed by atoms with Crippen molar-refractivity contribution >= 4 is 28.6 Å². The number of hydrogen-bond donors (Lipinski definition) is 0. The third kappa shape index (κ3) is 3.67. The van der Waals surface area contributed by atoms with Crippen LogP contribution in [0.3, 0.4) is 0 Å². The molecule has 0 atom stereocenters. The topological polar surface area (TPSA) is 91.2 Å². The first-order valence-corrected chi connectivity index (χ1v) is 9.09. The van der Waals surface area contributed by atoms with Crippen molar-refractivity contribution in [1.29, 1.82) is 0 Å². The molecule has 7 nitrogen and oxygen atoms in total. The summed E-state index contributed by atoms with van der Waals surface area (Å²) in [5.74, 6) is 0.515. The lowest BCUT2D eigenvalue weighted by Gasteiger charge is -1.99. The van der Waals surface area contributed by atoms with Crippen LogP contribution in [-0.2, 0) is 22.6 Å². The molecule has 0 amide bonds. The predicted octanol–water partition coefficient (Wildman–Crippen LogP) is 3.80. The van der Waals surface area contributed by atoms with E-state index >= 15 is 0 Å². The fourth-order valence-corrected chi connectivity index (χ4v) is 3.59. The van der Waals surface area contributed by atoms with E-state index in [1.165, 1.54) is 17.6 Å². The van der Waals surface area contributed by atoms with Gasteiger partial charge in [0.15, 0.2) is 12.4 Å². The van der Waals surface area contributed by atoms with Gasteiger partial charge in [-0.1, -0.05) is 0 Å². The Balaban J connectivity index is 1.32. The first kappa shape index (κ1) is 15.7. The second-order valence-corrected chi connectivity index (χ2v) is 6.61. The van der Waals surface area contributed by atoms with Crippen LogP contribution in [0.15, 0.2) is 49.4 Å². The van der Waals surface area contributed by atoms with E-state index in [1.54, 1.807) is 23.5 Å². The van der Waals surface area contributed by atoms with Crippen molar-refractivity contribution in [3.63, 3.8) is 0 Å². The molecule has 0 radical (unpaired) electrons. The summed E-state index contributed by atoms with van der Waals surface area (Å²) in [4.78, 5) is 16.4. The Bertz CT molecular complexity index is 958. The van der Waals surface area contributed by atoms with Crippen molar-refractivity contribution in [1.82, 2.24) is 15.2 Å². The molecule has 0 aromatic carbocycles. The molecular formula is C16H11N3O4S2. The molecule has 0 aliphatic carbocycles. The van der Waals surface area contributed by atoms with Crippen molar-refractivity contribution < 1.29 is 18.4 Å². The van der Waals surface area contributed by atoms with E-state index in [2.05, 4.69) is 15.2 Å². The summed E-state index contributed by atoms with van der Waals surface area (Å²) in [6.45, 7) is -0.0892. The van der Waals surface area contributed by atoms with Crippen LogP contribution >= 0.6 is 22.7 Å². The third-order valence-corrected chi connectivity index (χ3v) is 4.82. The molecule has 0 bridgehead atoms. The lowest BCUT2D eigenvalue weighted by atomic mass is 10.3. The van der Waals surface area contributed by atoms with Crippen molar-refractivity contribution in [2.45, 2.75) is 13.0 Å². The molecule has 126 valence electrons. The number of thiazole rings is 1. The Morgan fingerprint density at radius 3 is 3.00 bits per heavy atom. The Kier molecular flexibility index (Phi) is 4.40. The maximum atomic E-state index is 12.0. The van der Waals surface area contributed by atoms with Crippen LogP contribution in [0, 0.1) is 0 Å². The second kappa shape index (κ2) is 6.99. The monoisotopic (exact) mass is 373 g/mol. The molecule has 0 aliphatic heterocycles. The fourth-order valence-electron chi connectivity index (χ4n) is 2.06. The predicted molar refractivity (Wildman–Crippen MR) is 90.9 cm³/mol. The van der Waals surface area contributed by atoms with Gasteiger partial charge in [-0.15, -0.1) is 21.5 Å². The number of rotatable bonds is 6. The number of carbonyl (C=O) groups excluding carboxylic acids is 1. The molecule has 0 unspecified atom stereocenters. The lowest BCUT2D eigenvalue weighted by molar-refractivity contribution is -0.144. The number of carbonyl (C=O) groups is 1. The maximum Gasteiger partial charge on any atom is 0.312 e. The van der Waals surface area contributed by atoms with Crippen LogP contribution in [0.1, 0.15) is 11.6 Å². The Morgan fingerprint density at radius 2 is 2.20 bits per heavy atom. The molecule has 0 N–H and O–H groups in total. The van der Waals surface area contributed by atoms with E-state index < -0.39 is 5.97 Å². The van der Waals surface area contributed by atoms with E-state index in [9.17, 15) is 4.79 Å². The molecule has 0 saturated carbocycles. The summed E-state index contributed by atoms with van der Waals surface area (Å²) in [7, 11) is 0. The maximum absolute atomic E-state index is 12.0. The molecule has 4 aromatic heterocycles. The minimum atomic E-state index is -0.403. The number of esters is 1. The molecule has 0 saturated heterocycles. The van der Waals surface area contributed by atoms with Crippen LogP contribution < -0.4 is 0 Å². The van der Waals surface area contributed by atoms with Gasteiger partial charge < -0.3 is 13.6 Å². The van der Waals surface area contributed by atoms with E-state index in [4.69, 9.17) is 13.6 Å². The Labute approximate surface area is 149 Å². The molecular weight excluding hydrogens is 362 g/mol. The molecule has 4 heterocycles. The van der Waals surface area contributed by atoms with E-state index in [0.717, 1.165) is 10.6 Å². The molecule has 0 spiro atoms. The standard InChI is InChI=1S/C16H11N3O4S2/c20-14(6-11-9-25-16(17-11)10-3-5-24-8-10)22-7-13-18-19-15(23-13)12-2-1-4-21-12/h1-5,8-9H,6-7H2. The quantitative estimate of drug-likeness (QED) is 0.475. The molecule has 25 heavy (non-hydrogen) atoms. The van der Waals surface area contributed by atoms with Crippen molar-refractivity contribution in [3.8, 4) is 22.2 Å². The zero-order chi connectivity index (χ0) is 17.1. The number of nitrogens with zero attached hydrogens (tertiary/aromatic N) is 3. The highest BCUT2D eigenvalue weighted by Crippen LogP contribution is 2.26. The van der Waals surface area contributed by atoms with Crippen LogP contribution in [-0.4, -0.2) is 21.2 Å². The first-order chi connectivity index (χ1) is 12.3. The largest absolute Gasteiger partial charge is 0.459 e. The SMILES string of the molecule is O=C(Cc1csc(-c2ccsc2)n1)OCc1nnc(-c2ccco2)o1. The molecule has 4 rings (SSSR count). The van der Waals surface area contributed by atoms with E-state index in [1.807, 2.05) is 22.2 Å². The van der Waals surface area contributed by atoms with Gasteiger partial charge in [0.25, 0.3) is 11.8 Å². The summed E-state index contributed by atoms with van der Waals surface area (Å²) in [6.07, 6.45) is 1.61. The van der Waals surface area contributed by atoms with Gasteiger partial charge in [0.2, 0.25) is 0 Å². The summed E-state index contributed by atoms with van der Waals surface area (Å²) in [5.41, 5.74) is 1.74. The normalized spacial score (nSPS) is 10.9. The fraction of sp³-hybridized carbons (Fsp3) is 0.125. The van der Waals surface area contributed by atoms with E-state index in [0.29, 0.717) is 11.5 Å². The van der Waals surface area contributed by atoms with Crippen LogP contribution in [0.2, 0.25) is 0 Å². The molecule has 0 fully saturated rings. The van der Waals surface area contributed by atoms with Gasteiger partial charge >= 0.3 is 5.97 Å². The summed E-state index contributed by atoms with van der Waals surface area (Å²) >= 11 is 3.11. The zero-order valence-corrected chi connectivity index (χ0v) is 14.4. The molecule has 4 aromatic rings. The van der Waals surface area contributed by atoms with Crippen molar-refractivity contribution in [2.75, 3.05) is 0 Å². The van der Waals surface area contributed by atoms with Gasteiger partial charge in [-0.25, -0.2) is 4.98 Å². The highest BCUT2D eigenvalue weighted by molar-refractivity contribution is 7.14. The average Bonchev–Trinajstić information content (AvgIpc) is 3.40. The highest BCUT2D eigenvalue weighted by atomic mass is 32.1. The minimum Gasteiger partial charge on any atom is -0.459 e. The number of furan rings is 1. The summed E-state index contributed by atoms with van der Waals surface area (Å²) in [5, 5.41) is 14.4. The smallest absolute Gasteiger partial charge is 0.312 e. The molecule has 9 heteroatoms. The van der Waals surface area contributed by atoms with Gasteiger partial charge in [0.05, 0.1) is 18.4 Å². The Morgan fingerprint density at radius 1 is 1.24 bits per heavy atom. The lowest BCUT2D eigenvalue weighted by Crippen LogP contribution is -2.08. The van der Waals surface area contributed by atoms with Gasteiger partial charge in [0.1, 0.15) is 5.01 Å². The molecule has 0 aliphatic rings. The van der Waals surface area contributed by atoms with E-state index in [-0.39, 0.29) is 24.8 Å². The number of ether oxygens (including phenoxy) is 1. The van der Waals surface area contributed by atoms with Gasteiger partial charge in [-0.3, -0.25) is 4.79 Å². The first-order valence-electron chi connectivity index (χ1n) is 7.27. The van der Waals surface area contributed by atoms with Gasteiger partial charge in [0, 0.05) is 16.3 Å². The second-order valence-electron chi connectivity index (χ2n) is 4.97. The summed E-state index contributed by atoms with van der Waals surface area (Å²) < 4.78 is 15.7. The van der Waals surface area contributed by atoms with Crippen LogP contribution in [0.5, 0.6) is 0 Å². The summed E-state index contributed by atoms with van der Waals surface area (Å²) in [6, 6.07) is 5.42. The number of aromatic nitrogens is 3. The third-order valence-electron chi connectivity index (χ3n) is 3.20. The minimum absolute atomic E-state index is 0.0892. The van der Waals surface area contributed by atoms with Gasteiger partial charge in [-0.05, 0) is 23.6 Å². The van der Waals surface area contributed by atoms with Crippen LogP contribution in [0.25, 0.3) is 22.2 Å². The Hall–Kier alpha value is -2.78. The average molecular weight is 373 g/mol. The number of thiophene rings is 1. The highest BCUT2D eigenvalue weighted by Gasteiger charge is 2.14. The van der Waals surface area contributed by atoms with Gasteiger partial charge in [-0.2, -0.15) is 11.3 Å². The number of hydrogen-bond acceptors (Lipinski definition) is 9. The zero-order valence-electron chi connectivity index (χ0n) is 12.7. The van der Waals surface area contributed by atoms with Crippen molar-refractivity contribution in [2.24, 2.45) is 0 Å². The van der Waals surface area contributed by atoms with Crippen molar-refractivity contribution in [3.05, 3.63) is 52.2 Å².